The predicted octanol–water partition coefficient (Wildman–Crippen LogP) is 2.94. The number of nitrogens with one attached hydrogen (secondary N) is 1. The van der Waals surface area contributed by atoms with Crippen molar-refractivity contribution in [3.05, 3.63) is 59.3 Å². The third-order valence-corrected chi connectivity index (χ3v) is 3.24. The average molecular weight is 287 g/mol. The number of hydrogen-bond donors (Lipinski definition) is 1. The lowest BCUT2D eigenvalue weighted by Crippen LogP contribution is -2.12. The summed E-state index contributed by atoms with van der Waals surface area (Å²) in [5.41, 5.74) is 2.54. The van der Waals surface area contributed by atoms with Gasteiger partial charge in [0.25, 0.3) is 5.91 Å². The molecule has 3 aromatic heterocycles. The molecular weight excluding hydrogens is 276 g/mol. The van der Waals surface area contributed by atoms with Gasteiger partial charge in [0, 0.05) is 18.1 Å². The Hall–Kier alpha value is -2.40. The van der Waals surface area contributed by atoms with Crippen LogP contribution in [-0.2, 0) is 0 Å². The Morgan fingerprint density at radius 1 is 1.30 bits per heavy atom. The Labute approximate surface area is 120 Å². The van der Waals surface area contributed by atoms with E-state index in [2.05, 4.69) is 15.3 Å². The summed E-state index contributed by atoms with van der Waals surface area (Å²) in [6, 6.07) is 9.09. The first kappa shape index (κ1) is 12.6. The summed E-state index contributed by atoms with van der Waals surface area (Å²) in [6.07, 6.45) is 3.26. The molecule has 1 N–H and O–H groups in total. The lowest BCUT2D eigenvalue weighted by atomic mass is 10.3. The number of amides is 1. The summed E-state index contributed by atoms with van der Waals surface area (Å²) in [6.45, 7) is 1.95. The van der Waals surface area contributed by atoms with Crippen LogP contribution >= 0.6 is 11.6 Å². The van der Waals surface area contributed by atoms with Crippen molar-refractivity contribution in [2.45, 2.75) is 6.92 Å². The van der Waals surface area contributed by atoms with Crippen LogP contribution in [0.4, 0.5) is 5.69 Å². The normalized spacial score (nSPS) is 10.7. The number of anilines is 1. The zero-order chi connectivity index (χ0) is 14.1. The summed E-state index contributed by atoms with van der Waals surface area (Å²) >= 11 is 5.91. The standard InChI is InChI=1S/C14H11ClN4O/c1-9-4-2-6-12-17-11(8-19(9)12)14(20)18-10-5-3-7-16-13(10)15/h2-8H,1H3,(H,18,20). The van der Waals surface area contributed by atoms with E-state index in [0.29, 0.717) is 11.4 Å². The summed E-state index contributed by atoms with van der Waals surface area (Å²) in [7, 11) is 0. The van der Waals surface area contributed by atoms with Crippen LogP contribution in [0.5, 0.6) is 0 Å². The second-order valence-corrected chi connectivity index (χ2v) is 4.68. The number of carbonyl (C=O) groups is 1. The van der Waals surface area contributed by atoms with Gasteiger partial charge in [-0.25, -0.2) is 9.97 Å². The molecule has 0 fully saturated rings. The molecule has 100 valence electrons. The summed E-state index contributed by atoms with van der Waals surface area (Å²) in [5.74, 6) is -0.317. The molecular formula is C14H11ClN4O. The van der Waals surface area contributed by atoms with Gasteiger partial charge >= 0.3 is 0 Å². The van der Waals surface area contributed by atoms with Gasteiger partial charge in [0.15, 0.2) is 5.15 Å². The summed E-state index contributed by atoms with van der Waals surface area (Å²) in [4.78, 5) is 20.4. The van der Waals surface area contributed by atoms with Crippen molar-refractivity contribution in [1.82, 2.24) is 14.4 Å². The fourth-order valence-corrected chi connectivity index (χ4v) is 2.09. The van der Waals surface area contributed by atoms with Gasteiger partial charge in [-0.05, 0) is 31.2 Å². The van der Waals surface area contributed by atoms with Gasteiger partial charge in [0.2, 0.25) is 0 Å². The third kappa shape index (κ3) is 2.23. The topological polar surface area (TPSA) is 59.3 Å². The van der Waals surface area contributed by atoms with E-state index in [0.717, 1.165) is 11.3 Å². The van der Waals surface area contributed by atoms with E-state index in [1.54, 1.807) is 24.5 Å². The lowest BCUT2D eigenvalue weighted by Gasteiger charge is -2.03. The van der Waals surface area contributed by atoms with E-state index in [1.807, 2.05) is 29.5 Å². The SMILES string of the molecule is Cc1cccc2nc(C(=O)Nc3cccnc3Cl)cn12. The van der Waals surface area contributed by atoms with Crippen molar-refractivity contribution >= 4 is 28.8 Å². The van der Waals surface area contributed by atoms with E-state index < -0.39 is 0 Å². The van der Waals surface area contributed by atoms with Crippen molar-refractivity contribution in [1.29, 1.82) is 0 Å². The molecule has 0 saturated heterocycles. The molecule has 3 heterocycles. The Balaban J connectivity index is 1.93. The minimum Gasteiger partial charge on any atom is -0.318 e. The molecule has 3 rings (SSSR count). The van der Waals surface area contributed by atoms with Crippen molar-refractivity contribution in [3.63, 3.8) is 0 Å². The molecule has 0 unspecified atom stereocenters. The van der Waals surface area contributed by atoms with E-state index >= 15 is 0 Å². The highest BCUT2D eigenvalue weighted by molar-refractivity contribution is 6.32. The molecule has 0 aliphatic rings. The molecule has 0 radical (unpaired) electrons. The number of nitrogens with zero attached hydrogens (tertiary/aromatic N) is 3. The highest BCUT2D eigenvalue weighted by Gasteiger charge is 2.13. The van der Waals surface area contributed by atoms with Crippen molar-refractivity contribution < 1.29 is 4.79 Å². The zero-order valence-electron chi connectivity index (χ0n) is 10.7. The monoisotopic (exact) mass is 286 g/mol. The van der Waals surface area contributed by atoms with Gasteiger partial charge in [0.1, 0.15) is 11.3 Å². The molecule has 0 aromatic carbocycles. The number of carbonyl (C=O) groups excluding carboxylic acids is 1. The molecule has 0 spiro atoms. The number of halogens is 1. The molecule has 20 heavy (non-hydrogen) atoms. The average Bonchev–Trinajstić information content (AvgIpc) is 2.87. The Morgan fingerprint density at radius 2 is 2.15 bits per heavy atom. The number of imidazole rings is 1. The van der Waals surface area contributed by atoms with Gasteiger partial charge < -0.3 is 9.72 Å². The Bertz CT molecular complexity index is 797. The van der Waals surface area contributed by atoms with Crippen LogP contribution in [0.2, 0.25) is 5.15 Å². The van der Waals surface area contributed by atoms with Gasteiger partial charge in [-0.15, -0.1) is 0 Å². The highest BCUT2D eigenvalue weighted by atomic mass is 35.5. The number of rotatable bonds is 2. The first-order valence-electron chi connectivity index (χ1n) is 6.02. The maximum absolute atomic E-state index is 12.2. The van der Waals surface area contributed by atoms with Gasteiger partial charge in [0.05, 0.1) is 5.69 Å². The van der Waals surface area contributed by atoms with Crippen LogP contribution < -0.4 is 5.32 Å². The second-order valence-electron chi connectivity index (χ2n) is 4.32. The fraction of sp³-hybridized carbons (Fsp3) is 0.0714. The third-order valence-electron chi connectivity index (χ3n) is 2.94. The van der Waals surface area contributed by atoms with E-state index in [1.165, 1.54) is 0 Å². The summed E-state index contributed by atoms with van der Waals surface area (Å²) in [5, 5.41) is 2.95. The van der Waals surface area contributed by atoms with Crippen LogP contribution in [0.1, 0.15) is 16.2 Å². The quantitative estimate of drug-likeness (QED) is 0.737. The number of pyridine rings is 2. The molecule has 0 bridgehead atoms. The fourth-order valence-electron chi connectivity index (χ4n) is 1.92. The molecule has 3 aromatic rings. The molecule has 5 nitrogen and oxygen atoms in total. The van der Waals surface area contributed by atoms with Crippen LogP contribution in [0, 0.1) is 6.92 Å². The zero-order valence-corrected chi connectivity index (χ0v) is 11.4. The minimum atomic E-state index is -0.317. The Kier molecular flexibility index (Phi) is 3.12. The minimum absolute atomic E-state index is 0.251. The largest absolute Gasteiger partial charge is 0.318 e. The molecule has 0 atom stereocenters. The van der Waals surface area contributed by atoms with Gasteiger partial charge in [-0.1, -0.05) is 17.7 Å². The summed E-state index contributed by atoms with van der Waals surface area (Å²) < 4.78 is 1.86. The van der Waals surface area contributed by atoms with Gasteiger partial charge in [-0.2, -0.15) is 0 Å². The van der Waals surface area contributed by atoms with Crippen LogP contribution in [0.15, 0.2) is 42.7 Å². The van der Waals surface area contributed by atoms with Crippen molar-refractivity contribution in [2.24, 2.45) is 0 Å². The van der Waals surface area contributed by atoms with Crippen molar-refractivity contribution in [2.75, 3.05) is 5.32 Å². The second kappa shape index (κ2) is 4.94. The van der Waals surface area contributed by atoms with Crippen LogP contribution in [0.3, 0.4) is 0 Å². The van der Waals surface area contributed by atoms with E-state index in [9.17, 15) is 4.79 Å². The van der Waals surface area contributed by atoms with E-state index in [4.69, 9.17) is 11.6 Å². The maximum Gasteiger partial charge on any atom is 0.275 e. The maximum atomic E-state index is 12.2. The van der Waals surface area contributed by atoms with Crippen LogP contribution in [0.25, 0.3) is 5.65 Å². The predicted molar refractivity (Wildman–Crippen MR) is 77.1 cm³/mol. The molecule has 6 heteroatoms. The number of aromatic nitrogens is 3. The number of aryl methyl sites for hydroxylation is 1. The molecule has 0 saturated carbocycles. The number of fused-ring (bicyclic) bond motifs is 1. The smallest absolute Gasteiger partial charge is 0.275 e. The van der Waals surface area contributed by atoms with E-state index in [-0.39, 0.29) is 11.1 Å². The highest BCUT2D eigenvalue weighted by Crippen LogP contribution is 2.18. The molecule has 0 aliphatic heterocycles. The molecule has 1 amide bonds. The lowest BCUT2D eigenvalue weighted by molar-refractivity contribution is 0.102. The number of hydrogen-bond acceptors (Lipinski definition) is 3. The first-order valence-corrected chi connectivity index (χ1v) is 6.39. The Morgan fingerprint density at radius 3 is 2.90 bits per heavy atom. The van der Waals surface area contributed by atoms with Crippen molar-refractivity contribution in [3.8, 4) is 0 Å². The van der Waals surface area contributed by atoms with Crippen LogP contribution in [-0.4, -0.2) is 20.3 Å². The van der Waals surface area contributed by atoms with Gasteiger partial charge in [-0.3, -0.25) is 4.79 Å². The molecule has 0 aliphatic carbocycles. The first-order chi connectivity index (χ1) is 9.65.